The van der Waals surface area contributed by atoms with Gasteiger partial charge in [0.05, 0.1) is 20.3 Å². The van der Waals surface area contributed by atoms with Gasteiger partial charge in [-0.25, -0.2) is 0 Å². The van der Waals surface area contributed by atoms with Crippen molar-refractivity contribution in [3.63, 3.8) is 0 Å². The van der Waals surface area contributed by atoms with Gasteiger partial charge in [-0.05, 0) is 60.2 Å². The molecule has 0 radical (unpaired) electrons. The van der Waals surface area contributed by atoms with Crippen molar-refractivity contribution in [2.75, 3.05) is 33.9 Å². The molecule has 5 heteroatoms. The van der Waals surface area contributed by atoms with Crippen molar-refractivity contribution in [1.29, 1.82) is 0 Å². The highest BCUT2D eigenvalue weighted by Crippen LogP contribution is 2.49. The van der Waals surface area contributed by atoms with Gasteiger partial charge in [0.2, 0.25) is 0 Å². The van der Waals surface area contributed by atoms with Crippen LogP contribution < -0.4 is 14.8 Å². The predicted octanol–water partition coefficient (Wildman–Crippen LogP) is 7.05. The van der Waals surface area contributed by atoms with Crippen LogP contribution in [0.25, 0.3) is 0 Å². The number of dihydropyridines is 1. The van der Waals surface area contributed by atoms with Crippen LogP contribution in [-0.4, -0.2) is 44.5 Å². The van der Waals surface area contributed by atoms with Crippen LogP contribution in [-0.2, 0) is 4.79 Å². The van der Waals surface area contributed by atoms with Gasteiger partial charge in [-0.2, -0.15) is 0 Å². The number of nitrogens with zero attached hydrogens (tertiary/aromatic N) is 1. The second kappa shape index (κ2) is 16.4. The molecule has 1 aromatic rings. The Morgan fingerprint density at radius 3 is 1.94 bits per heavy atom. The Morgan fingerprint density at radius 1 is 0.971 bits per heavy atom. The predicted molar refractivity (Wildman–Crippen MR) is 149 cm³/mol. The van der Waals surface area contributed by atoms with Crippen molar-refractivity contribution >= 4 is 5.78 Å². The van der Waals surface area contributed by atoms with Gasteiger partial charge < -0.3 is 14.8 Å². The highest BCUT2D eigenvalue weighted by molar-refractivity contribution is 5.79. The Balaban J connectivity index is 0.000000684. The van der Waals surface area contributed by atoms with Crippen molar-refractivity contribution in [2.45, 2.75) is 86.1 Å². The van der Waals surface area contributed by atoms with E-state index < -0.39 is 0 Å². The monoisotopic (exact) mass is 486 g/mol. The average molecular weight is 487 g/mol. The van der Waals surface area contributed by atoms with Crippen LogP contribution in [0.5, 0.6) is 11.5 Å². The number of hydrogen-bond donors (Lipinski definition) is 1. The van der Waals surface area contributed by atoms with E-state index in [0.29, 0.717) is 24.5 Å². The third-order valence-electron chi connectivity index (χ3n) is 5.68. The fourth-order valence-corrected chi connectivity index (χ4v) is 4.01. The molecule has 0 bridgehead atoms. The van der Waals surface area contributed by atoms with Gasteiger partial charge in [0.25, 0.3) is 0 Å². The summed E-state index contributed by atoms with van der Waals surface area (Å²) in [5.41, 5.74) is 3.62. The zero-order valence-electron chi connectivity index (χ0n) is 23.7. The number of methoxy groups -OCH3 is 2. The van der Waals surface area contributed by atoms with Crippen LogP contribution in [0.3, 0.4) is 0 Å². The number of ketones is 1. The SMILES string of the molecule is CC.CC.CC(C)C.COc1cc(C2C=C(CN3CCC(=O)CC3)C=CN2)cc(OC)c1C1CC1. The van der Waals surface area contributed by atoms with Crippen molar-refractivity contribution in [3.8, 4) is 11.5 Å². The number of rotatable bonds is 6. The van der Waals surface area contributed by atoms with Gasteiger partial charge in [0.1, 0.15) is 17.3 Å². The van der Waals surface area contributed by atoms with E-state index in [-0.39, 0.29) is 6.04 Å². The lowest BCUT2D eigenvalue weighted by atomic mass is 9.97. The van der Waals surface area contributed by atoms with Crippen LogP contribution in [0.4, 0.5) is 0 Å². The Kier molecular flexibility index (Phi) is 14.4. The van der Waals surface area contributed by atoms with Gasteiger partial charge in [0.15, 0.2) is 0 Å². The Hall–Kier alpha value is -2.27. The number of carbonyl (C=O) groups is 1. The maximum Gasteiger partial charge on any atom is 0.135 e. The van der Waals surface area contributed by atoms with Crippen molar-refractivity contribution in [3.05, 3.63) is 47.2 Å². The molecule has 1 N–H and O–H groups in total. The minimum Gasteiger partial charge on any atom is -0.496 e. The summed E-state index contributed by atoms with van der Waals surface area (Å²) in [6, 6.07) is 4.37. The van der Waals surface area contributed by atoms with Crippen LogP contribution in [0.1, 0.15) is 97.2 Å². The zero-order valence-corrected chi connectivity index (χ0v) is 23.7. The summed E-state index contributed by atoms with van der Waals surface area (Å²) in [4.78, 5) is 13.8. The van der Waals surface area contributed by atoms with Crippen molar-refractivity contribution < 1.29 is 14.3 Å². The molecule has 1 unspecified atom stereocenters. The number of likely N-dealkylation sites (tertiary alicyclic amines) is 1. The third-order valence-corrected chi connectivity index (χ3v) is 5.68. The molecule has 2 aliphatic heterocycles. The molecule has 198 valence electrons. The van der Waals surface area contributed by atoms with Gasteiger partial charge in [-0.15, -0.1) is 0 Å². The maximum absolute atomic E-state index is 11.4. The standard InChI is InChI=1S/C22H28N2O3.C4H10.2C2H6/c1-26-20-12-17(13-21(27-2)22(20)16-3-4-16)19-11-15(5-8-23-19)14-24-9-6-18(25)7-10-24;1-4(2)3;2*1-2/h5,8,11-13,16,19,23H,3-4,6-7,9-10,14H2,1-2H3;4H,1-3H3;2*1-2H3. The summed E-state index contributed by atoms with van der Waals surface area (Å²) in [7, 11) is 3.47. The second-order valence-electron chi connectivity index (χ2n) is 9.38. The van der Waals surface area contributed by atoms with E-state index in [1.54, 1.807) is 14.2 Å². The van der Waals surface area contributed by atoms with Crippen LogP contribution in [0, 0.1) is 5.92 Å². The summed E-state index contributed by atoms with van der Waals surface area (Å²) in [5.74, 6) is 3.63. The first-order valence-corrected chi connectivity index (χ1v) is 13.5. The molecule has 1 aromatic carbocycles. The fraction of sp³-hybridized carbons (Fsp3) is 0.633. The average Bonchev–Trinajstić information content (AvgIpc) is 3.72. The first-order valence-electron chi connectivity index (χ1n) is 13.5. The second-order valence-corrected chi connectivity index (χ2v) is 9.38. The van der Waals surface area contributed by atoms with Gasteiger partial charge in [-0.3, -0.25) is 9.69 Å². The normalized spacial score (nSPS) is 19.1. The van der Waals surface area contributed by atoms with E-state index in [1.165, 1.54) is 24.0 Å². The molecule has 1 aliphatic carbocycles. The molecule has 1 saturated heterocycles. The van der Waals surface area contributed by atoms with Crippen LogP contribution >= 0.6 is 0 Å². The quantitative estimate of drug-likeness (QED) is 0.467. The van der Waals surface area contributed by atoms with Gasteiger partial charge in [-0.1, -0.05) is 54.5 Å². The topological polar surface area (TPSA) is 50.8 Å². The number of piperidine rings is 1. The lowest BCUT2D eigenvalue weighted by Crippen LogP contribution is -2.35. The number of ether oxygens (including phenoxy) is 2. The molecule has 0 spiro atoms. The Morgan fingerprint density at radius 2 is 1.49 bits per heavy atom. The van der Waals surface area contributed by atoms with E-state index in [0.717, 1.165) is 42.6 Å². The van der Waals surface area contributed by atoms with E-state index in [1.807, 2.05) is 33.9 Å². The van der Waals surface area contributed by atoms with E-state index in [2.05, 4.69) is 55.3 Å². The molecule has 1 saturated carbocycles. The molecular formula is C30H50N2O3. The molecule has 2 heterocycles. The van der Waals surface area contributed by atoms with E-state index in [4.69, 9.17) is 9.47 Å². The molecule has 0 amide bonds. The summed E-state index contributed by atoms with van der Waals surface area (Å²) in [6.07, 6.45) is 10.2. The minimum atomic E-state index is 0.0903. The lowest BCUT2D eigenvalue weighted by Gasteiger charge is -2.28. The molecular weight excluding hydrogens is 436 g/mol. The molecule has 0 aromatic heterocycles. The first-order chi connectivity index (χ1) is 16.9. The lowest BCUT2D eigenvalue weighted by molar-refractivity contribution is -0.121. The summed E-state index contributed by atoms with van der Waals surface area (Å²) < 4.78 is 11.4. The molecule has 3 aliphatic rings. The smallest absolute Gasteiger partial charge is 0.135 e. The summed E-state index contributed by atoms with van der Waals surface area (Å²) in [5, 5.41) is 3.44. The van der Waals surface area contributed by atoms with Crippen LogP contribution in [0.2, 0.25) is 0 Å². The third kappa shape index (κ3) is 10.1. The number of Topliss-reactive ketones (excluding diaryl/α,β-unsaturated/α-hetero) is 1. The number of carbonyl (C=O) groups excluding carboxylic acids is 1. The fourth-order valence-electron chi connectivity index (χ4n) is 4.01. The summed E-state index contributed by atoms with van der Waals surface area (Å²) >= 11 is 0. The largest absolute Gasteiger partial charge is 0.496 e. The summed E-state index contributed by atoms with van der Waals surface area (Å²) in [6.45, 7) is 17.1. The van der Waals surface area contributed by atoms with Gasteiger partial charge >= 0.3 is 0 Å². The van der Waals surface area contributed by atoms with E-state index in [9.17, 15) is 4.79 Å². The highest BCUT2D eigenvalue weighted by atomic mass is 16.5. The number of hydrogen-bond acceptors (Lipinski definition) is 5. The maximum atomic E-state index is 11.4. The van der Waals surface area contributed by atoms with E-state index >= 15 is 0 Å². The Bertz CT molecular complexity index is 787. The molecule has 2 fully saturated rings. The zero-order chi connectivity index (χ0) is 26.4. The highest BCUT2D eigenvalue weighted by Gasteiger charge is 2.31. The van der Waals surface area contributed by atoms with Crippen molar-refractivity contribution in [2.24, 2.45) is 5.92 Å². The molecule has 4 rings (SSSR count). The van der Waals surface area contributed by atoms with Crippen LogP contribution in [0.15, 0.2) is 36.1 Å². The molecule has 5 nitrogen and oxygen atoms in total. The first kappa shape index (κ1) is 30.8. The number of nitrogens with one attached hydrogen (secondary N) is 1. The molecule has 35 heavy (non-hydrogen) atoms. The van der Waals surface area contributed by atoms with Crippen molar-refractivity contribution in [1.82, 2.24) is 10.2 Å². The molecule has 1 atom stereocenters. The van der Waals surface area contributed by atoms with Gasteiger partial charge in [0, 0.05) is 38.0 Å². The number of benzene rings is 1. The minimum absolute atomic E-state index is 0.0903. The Labute approximate surface area is 215 Å².